The number of rotatable bonds is 6. The third kappa shape index (κ3) is 6.82. The average molecular weight is 265 g/mol. The van der Waals surface area contributed by atoms with Crippen molar-refractivity contribution >= 4 is 11.6 Å². The summed E-state index contributed by atoms with van der Waals surface area (Å²) in [6.07, 6.45) is 0.954. The van der Waals surface area contributed by atoms with E-state index in [2.05, 4.69) is 12.2 Å². The van der Waals surface area contributed by atoms with Gasteiger partial charge in [0, 0.05) is 11.8 Å². The summed E-state index contributed by atoms with van der Waals surface area (Å²) in [7, 11) is 0. The first-order valence-electron chi connectivity index (χ1n) is 6.57. The molecule has 19 heavy (non-hydrogen) atoms. The number of carbonyl (C=O) groups excluding carboxylic acids is 1. The maximum atomic E-state index is 11.7. The van der Waals surface area contributed by atoms with E-state index in [4.69, 9.17) is 9.47 Å². The highest BCUT2D eigenvalue weighted by Gasteiger charge is 2.13. The number of ether oxygens (including phenoxy) is 2. The topological polar surface area (TPSA) is 47.6 Å². The summed E-state index contributed by atoms with van der Waals surface area (Å²) < 4.78 is 10.9. The Morgan fingerprint density at radius 1 is 1.32 bits per heavy atom. The van der Waals surface area contributed by atoms with Crippen LogP contribution in [0.2, 0.25) is 0 Å². The second kappa shape index (κ2) is 7.14. The lowest BCUT2D eigenvalue weighted by atomic mass is 10.2. The summed E-state index contributed by atoms with van der Waals surface area (Å²) in [6.45, 7) is 8.52. The molecule has 0 radical (unpaired) electrons. The van der Waals surface area contributed by atoms with Gasteiger partial charge in [0.25, 0.3) is 0 Å². The summed E-state index contributed by atoms with van der Waals surface area (Å²) in [5, 5.41) is 2.79. The number of amides is 1. The van der Waals surface area contributed by atoms with Crippen LogP contribution in [0.3, 0.4) is 0 Å². The maximum absolute atomic E-state index is 11.7. The standard InChI is InChI=1S/C15H23NO3/c1-5-9-18-13-8-6-7-12(10-13)16-14(17)11-19-15(2,3)4/h6-8,10H,5,9,11H2,1-4H3,(H,16,17). The number of carbonyl (C=O) groups is 1. The molecule has 1 aromatic carbocycles. The molecule has 0 aliphatic heterocycles. The Labute approximate surface area is 115 Å². The van der Waals surface area contributed by atoms with Crippen LogP contribution in [0.1, 0.15) is 34.1 Å². The molecule has 0 atom stereocenters. The number of nitrogens with one attached hydrogen (secondary N) is 1. The average Bonchev–Trinajstić information content (AvgIpc) is 2.33. The Morgan fingerprint density at radius 3 is 2.68 bits per heavy atom. The second-order valence-corrected chi connectivity index (χ2v) is 5.33. The van der Waals surface area contributed by atoms with E-state index in [1.165, 1.54) is 0 Å². The molecule has 1 amide bonds. The van der Waals surface area contributed by atoms with E-state index in [1.807, 2.05) is 45.0 Å². The Morgan fingerprint density at radius 2 is 2.05 bits per heavy atom. The summed E-state index contributed by atoms with van der Waals surface area (Å²) in [6, 6.07) is 7.36. The van der Waals surface area contributed by atoms with E-state index in [0.29, 0.717) is 6.61 Å². The van der Waals surface area contributed by atoms with Crippen LogP contribution < -0.4 is 10.1 Å². The van der Waals surface area contributed by atoms with Crippen molar-refractivity contribution in [2.45, 2.75) is 39.7 Å². The molecule has 0 aliphatic carbocycles. The summed E-state index contributed by atoms with van der Waals surface area (Å²) >= 11 is 0. The Hall–Kier alpha value is -1.55. The Bertz CT molecular complexity index is 410. The predicted octanol–water partition coefficient (Wildman–Crippen LogP) is 3.23. The van der Waals surface area contributed by atoms with Crippen molar-refractivity contribution in [3.8, 4) is 5.75 Å². The van der Waals surface area contributed by atoms with Crippen molar-refractivity contribution in [1.82, 2.24) is 0 Å². The van der Waals surface area contributed by atoms with Gasteiger partial charge in [0.15, 0.2) is 0 Å². The van der Waals surface area contributed by atoms with Gasteiger partial charge in [-0.3, -0.25) is 4.79 Å². The molecule has 0 spiro atoms. The fourth-order valence-corrected chi connectivity index (χ4v) is 1.36. The smallest absolute Gasteiger partial charge is 0.250 e. The molecular formula is C15H23NO3. The van der Waals surface area contributed by atoms with Crippen LogP contribution in [-0.4, -0.2) is 24.7 Å². The molecule has 0 bridgehead atoms. The zero-order valence-corrected chi connectivity index (χ0v) is 12.2. The number of hydrogen-bond acceptors (Lipinski definition) is 3. The van der Waals surface area contributed by atoms with Crippen molar-refractivity contribution < 1.29 is 14.3 Å². The quantitative estimate of drug-likeness (QED) is 0.859. The highest BCUT2D eigenvalue weighted by atomic mass is 16.5. The monoisotopic (exact) mass is 265 g/mol. The zero-order valence-electron chi connectivity index (χ0n) is 12.2. The molecule has 0 unspecified atom stereocenters. The fraction of sp³-hybridized carbons (Fsp3) is 0.533. The van der Waals surface area contributed by atoms with Crippen molar-refractivity contribution in [2.24, 2.45) is 0 Å². The lowest BCUT2D eigenvalue weighted by Crippen LogP contribution is -2.27. The first-order chi connectivity index (χ1) is 8.90. The van der Waals surface area contributed by atoms with Crippen molar-refractivity contribution in [3.63, 3.8) is 0 Å². The minimum absolute atomic E-state index is 0.0452. The van der Waals surface area contributed by atoms with Gasteiger partial charge < -0.3 is 14.8 Å². The Kier molecular flexibility index (Phi) is 5.83. The molecule has 0 aliphatic rings. The van der Waals surface area contributed by atoms with E-state index in [0.717, 1.165) is 17.9 Å². The molecule has 0 aromatic heterocycles. The van der Waals surface area contributed by atoms with Gasteiger partial charge in [-0.15, -0.1) is 0 Å². The molecule has 1 N–H and O–H groups in total. The van der Waals surface area contributed by atoms with Crippen LogP contribution in [0.4, 0.5) is 5.69 Å². The number of hydrogen-bond donors (Lipinski definition) is 1. The minimum Gasteiger partial charge on any atom is -0.494 e. The second-order valence-electron chi connectivity index (χ2n) is 5.33. The Balaban J connectivity index is 2.49. The summed E-state index contributed by atoms with van der Waals surface area (Å²) in [5.74, 6) is 0.596. The highest BCUT2D eigenvalue weighted by molar-refractivity contribution is 5.91. The number of anilines is 1. The van der Waals surface area contributed by atoms with Gasteiger partial charge in [-0.05, 0) is 39.3 Å². The van der Waals surface area contributed by atoms with Crippen LogP contribution >= 0.6 is 0 Å². The van der Waals surface area contributed by atoms with Gasteiger partial charge in [-0.2, -0.15) is 0 Å². The summed E-state index contributed by atoms with van der Waals surface area (Å²) in [5.41, 5.74) is 0.403. The SMILES string of the molecule is CCCOc1cccc(NC(=O)COC(C)(C)C)c1. The predicted molar refractivity (Wildman–Crippen MR) is 76.6 cm³/mol. The van der Waals surface area contributed by atoms with Crippen LogP contribution in [0, 0.1) is 0 Å². The van der Waals surface area contributed by atoms with Gasteiger partial charge in [-0.25, -0.2) is 0 Å². The van der Waals surface area contributed by atoms with Crippen LogP contribution in [0.25, 0.3) is 0 Å². The normalized spacial score (nSPS) is 11.2. The number of benzene rings is 1. The molecule has 0 heterocycles. The fourth-order valence-electron chi connectivity index (χ4n) is 1.36. The molecule has 106 valence electrons. The van der Waals surface area contributed by atoms with Crippen LogP contribution in [0.5, 0.6) is 5.75 Å². The first kappa shape index (κ1) is 15.5. The third-order valence-corrected chi connectivity index (χ3v) is 2.23. The van der Waals surface area contributed by atoms with E-state index in [1.54, 1.807) is 0 Å². The molecule has 0 fully saturated rings. The van der Waals surface area contributed by atoms with Gasteiger partial charge in [0.05, 0.1) is 12.2 Å². The zero-order chi connectivity index (χ0) is 14.3. The molecule has 0 saturated carbocycles. The van der Waals surface area contributed by atoms with E-state index in [-0.39, 0.29) is 18.1 Å². The van der Waals surface area contributed by atoms with Gasteiger partial charge >= 0.3 is 0 Å². The maximum Gasteiger partial charge on any atom is 0.250 e. The van der Waals surface area contributed by atoms with Gasteiger partial charge in [0.2, 0.25) is 5.91 Å². The molecule has 0 saturated heterocycles. The van der Waals surface area contributed by atoms with Gasteiger partial charge in [-0.1, -0.05) is 13.0 Å². The lowest BCUT2D eigenvalue weighted by Gasteiger charge is -2.19. The first-order valence-corrected chi connectivity index (χ1v) is 6.57. The molecule has 1 rings (SSSR count). The van der Waals surface area contributed by atoms with E-state index in [9.17, 15) is 4.79 Å². The lowest BCUT2D eigenvalue weighted by molar-refractivity contribution is -0.125. The third-order valence-electron chi connectivity index (χ3n) is 2.23. The van der Waals surface area contributed by atoms with Crippen LogP contribution in [0.15, 0.2) is 24.3 Å². The van der Waals surface area contributed by atoms with Gasteiger partial charge in [0.1, 0.15) is 12.4 Å². The van der Waals surface area contributed by atoms with Crippen LogP contribution in [-0.2, 0) is 9.53 Å². The highest BCUT2D eigenvalue weighted by Crippen LogP contribution is 2.17. The minimum atomic E-state index is -0.316. The molecule has 4 nitrogen and oxygen atoms in total. The van der Waals surface area contributed by atoms with E-state index >= 15 is 0 Å². The van der Waals surface area contributed by atoms with Crippen molar-refractivity contribution in [3.05, 3.63) is 24.3 Å². The molecule has 1 aromatic rings. The summed E-state index contributed by atoms with van der Waals surface area (Å²) in [4.78, 5) is 11.7. The van der Waals surface area contributed by atoms with Crippen molar-refractivity contribution in [2.75, 3.05) is 18.5 Å². The molecule has 4 heteroatoms. The molecular weight excluding hydrogens is 242 g/mol. The van der Waals surface area contributed by atoms with Crippen molar-refractivity contribution in [1.29, 1.82) is 0 Å². The largest absolute Gasteiger partial charge is 0.494 e. The van der Waals surface area contributed by atoms with E-state index < -0.39 is 0 Å².